The number of carbonyl (C=O) groups is 1. The molecule has 0 saturated carbocycles. The van der Waals surface area contributed by atoms with Gasteiger partial charge >= 0.3 is 0 Å². The monoisotopic (exact) mass is 353 g/mol. The molecular formula is C14H12BrNO3S. The molecule has 0 aliphatic heterocycles. The molecule has 0 unspecified atom stereocenters. The summed E-state index contributed by atoms with van der Waals surface area (Å²) in [5, 5.41) is 0. The molecule has 0 atom stereocenters. The van der Waals surface area contributed by atoms with E-state index >= 15 is 0 Å². The highest BCUT2D eigenvalue weighted by molar-refractivity contribution is 9.10. The lowest BCUT2D eigenvalue weighted by Crippen LogP contribution is -2.13. The molecule has 0 amide bonds. The molecule has 1 aliphatic carbocycles. The molecule has 104 valence electrons. The molecule has 0 saturated heterocycles. The standard InChI is InChI=1S/C14H12BrNO3S/c1-9-10(2)14(17)8-7-13(9)16-20(18,19)12-5-3-11(15)4-6-12/h3-8H,1-2H3. The van der Waals surface area contributed by atoms with Gasteiger partial charge in [0.15, 0.2) is 5.78 Å². The molecule has 20 heavy (non-hydrogen) atoms. The highest BCUT2D eigenvalue weighted by Crippen LogP contribution is 2.20. The molecular weight excluding hydrogens is 342 g/mol. The maximum Gasteiger partial charge on any atom is 0.282 e. The lowest BCUT2D eigenvalue weighted by atomic mass is 9.97. The van der Waals surface area contributed by atoms with Gasteiger partial charge in [-0.3, -0.25) is 4.79 Å². The summed E-state index contributed by atoms with van der Waals surface area (Å²) in [4.78, 5) is 11.6. The number of carbonyl (C=O) groups excluding carboxylic acids is 1. The fourth-order valence-corrected chi connectivity index (χ4v) is 2.98. The van der Waals surface area contributed by atoms with Crippen LogP contribution in [0.1, 0.15) is 13.8 Å². The van der Waals surface area contributed by atoms with Crippen LogP contribution in [0.4, 0.5) is 0 Å². The maximum absolute atomic E-state index is 12.2. The van der Waals surface area contributed by atoms with Crippen LogP contribution in [0.3, 0.4) is 0 Å². The van der Waals surface area contributed by atoms with Crippen LogP contribution in [0.2, 0.25) is 0 Å². The van der Waals surface area contributed by atoms with E-state index in [1.807, 2.05) is 0 Å². The molecule has 6 heteroatoms. The average molecular weight is 354 g/mol. The number of benzene rings is 1. The first-order valence-electron chi connectivity index (χ1n) is 5.82. The molecule has 0 aromatic heterocycles. The average Bonchev–Trinajstić information content (AvgIpc) is 2.40. The van der Waals surface area contributed by atoms with Gasteiger partial charge in [0.1, 0.15) is 0 Å². The first kappa shape index (κ1) is 14.9. The van der Waals surface area contributed by atoms with Crippen molar-refractivity contribution in [3.63, 3.8) is 0 Å². The predicted molar refractivity (Wildman–Crippen MR) is 81.3 cm³/mol. The molecule has 1 aromatic carbocycles. The third-order valence-corrected chi connectivity index (χ3v) is 4.87. The zero-order valence-electron chi connectivity index (χ0n) is 10.9. The van der Waals surface area contributed by atoms with E-state index in [-0.39, 0.29) is 10.7 Å². The number of rotatable bonds is 2. The Morgan fingerprint density at radius 3 is 2.20 bits per heavy atom. The van der Waals surface area contributed by atoms with Crippen molar-refractivity contribution in [1.29, 1.82) is 0 Å². The lowest BCUT2D eigenvalue weighted by Gasteiger charge is -2.10. The van der Waals surface area contributed by atoms with Crippen molar-refractivity contribution in [1.82, 2.24) is 0 Å². The summed E-state index contributed by atoms with van der Waals surface area (Å²) in [5.74, 6) is -0.123. The summed E-state index contributed by atoms with van der Waals surface area (Å²) < 4.78 is 29.0. The van der Waals surface area contributed by atoms with Gasteiger partial charge in [0.2, 0.25) is 0 Å². The predicted octanol–water partition coefficient (Wildman–Crippen LogP) is 3.05. The molecule has 1 aromatic rings. The molecule has 0 N–H and O–H groups in total. The molecule has 4 nitrogen and oxygen atoms in total. The van der Waals surface area contributed by atoms with Crippen LogP contribution in [0.25, 0.3) is 0 Å². The minimum Gasteiger partial charge on any atom is -0.290 e. The fourth-order valence-electron chi connectivity index (χ4n) is 1.67. The van der Waals surface area contributed by atoms with Crippen LogP contribution in [-0.4, -0.2) is 19.9 Å². The van der Waals surface area contributed by atoms with Gasteiger partial charge in [-0.25, -0.2) is 0 Å². The second-order valence-electron chi connectivity index (χ2n) is 4.35. The molecule has 0 fully saturated rings. The number of allylic oxidation sites excluding steroid dienone is 4. The van der Waals surface area contributed by atoms with Crippen LogP contribution in [-0.2, 0) is 14.8 Å². The Balaban J connectivity index is 2.47. The number of halogens is 1. The molecule has 1 aliphatic rings. The summed E-state index contributed by atoms with van der Waals surface area (Å²) in [6.45, 7) is 3.34. The quantitative estimate of drug-likeness (QED) is 0.767. The number of ketones is 1. The molecule has 0 spiro atoms. The maximum atomic E-state index is 12.2. The summed E-state index contributed by atoms with van der Waals surface area (Å²) in [5.41, 5.74) is 1.39. The Kier molecular flexibility index (Phi) is 4.06. The van der Waals surface area contributed by atoms with Crippen LogP contribution in [0, 0.1) is 0 Å². The number of hydrogen-bond acceptors (Lipinski definition) is 3. The topological polar surface area (TPSA) is 63.6 Å². The minimum atomic E-state index is -3.78. The van der Waals surface area contributed by atoms with Gasteiger partial charge in [-0.1, -0.05) is 15.9 Å². The van der Waals surface area contributed by atoms with Crippen molar-refractivity contribution in [2.75, 3.05) is 0 Å². The summed E-state index contributed by atoms with van der Waals surface area (Å²) in [6, 6.07) is 6.24. The Morgan fingerprint density at radius 1 is 1.00 bits per heavy atom. The van der Waals surface area contributed by atoms with E-state index in [0.29, 0.717) is 16.9 Å². The largest absolute Gasteiger partial charge is 0.290 e. The highest BCUT2D eigenvalue weighted by Gasteiger charge is 2.18. The summed E-state index contributed by atoms with van der Waals surface area (Å²) >= 11 is 3.25. The molecule has 0 bridgehead atoms. The van der Waals surface area contributed by atoms with Crippen LogP contribution in [0.15, 0.2) is 61.3 Å². The number of sulfonamides is 1. The SMILES string of the molecule is CC1=C(C)C(=NS(=O)(=O)c2ccc(Br)cc2)C=CC1=O. The Morgan fingerprint density at radius 2 is 1.60 bits per heavy atom. The summed E-state index contributed by atoms with van der Waals surface area (Å²) in [6.07, 6.45) is 2.76. The van der Waals surface area contributed by atoms with Crippen LogP contribution < -0.4 is 0 Å². The third-order valence-electron chi connectivity index (χ3n) is 3.04. The normalized spacial score (nSPS) is 17.9. The van der Waals surface area contributed by atoms with E-state index in [9.17, 15) is 13.2 Å². The highest BCUT2D eigenvalue weighted by atomic mass is 79.9. The van der Waals surface area contributed by atoms with Gasteiger partial charge in [0.25, 0.3) is 10.0 Å². The van der Waals surface area contributed by atoms with E-state index < -0.39 is 10.0 Å². The van der Waals surface area contributed by atoms with Crippen LogP contribution >= 0.6 is 15.9 Å². The van der Waals surface area contributed by atoms with Gasteiger partial charge in [0, 0.05) is 10.0 Å². The van der Waals surface area contributed by atoms with E-state index in [0.717, 1.165) is 4.47 Å². The zero-order valence-corrected chi connectivity index (χ0v) is 13.3. The molecule has 0 radical (unpaired) electrons. The van der Waals surface area contributed by atoms with Crippen molar-refractivity contribution in [2.24, 2.45) is 4.40 Å². The minimum absolute atomic E-state index is 0.115. The first-order chi connectivity index (χ1) is 9.31. The van der Waals surface area contributed by atoms with Gasteiger partial charge in [-0.2, -0.15) is 12.8 Å². The first-order valence-corrected chi connectivity index (χ1v) is 8.05. The Labute approximate surface area is 126 Å². The van der Waals surface area contributed by atoms with Crippen LogP contribution in [0.5, 0.6) is 0 Å². The second-order valence-corrected chi connectivity index (χ2v) is 6.87. The second kappa shape index (κ2) is 5.46. The fraction of sp³-hybridized carbons (Fsp3) is 0.143. The van der Waals surface area contributed by atoms with Crippen molar-refractivity contribution in [2.45, 2.75) is 18.7 Å². The van der Waals surface area contributed by atoms with Crippen molar-refractivity contribution in [3.8, 4) is 0 Å². The Hall–Kier alpha value is -1.53. The smallest absolute Gasteiger partial charge is 0.282 e. The number of hydrogen-bond donors (Lipinski definition) is 0. The number of nitrogens with zero attached hydrogens (tertiary/aromatic N) is 1. The molecule has 2 rings (SSSR count). The third kappa shape index (κ3) is 2.96. The van der Waals surface area contributed by atoms with Crippen molar-refractivity contribution in [3.05, 3.63) is 52.0 Å². The summed E-state index contributed by atoms with van der Waals surface area (Å²) in [7, 11) is -3.78. The van der Waals surface area contributed by atoms with Gasteiger partial charge in [-0.15, -0.1) is 0 Å². The van der Waals surface area contributed by atoms with Gasteiger partial charge in [-0.05, 0) is 55.8 Å². The zero-order chi connectivity index (χ0) is 14.9. The van der Waals surface area contributed by atoms with E-state index in [1.54, 1.807) is 26.0 Å². The lowest BCUT2D eigenvalue weighted by molar-refractivity contribution is -0.111. The van der Waals surface area contributed by atoms with E-state index in [2.05, 4.69) is 20.3 Å². The van der Waals surface area contributed by atoms with Gasteiger partial charge in [0.05, 0.1) is 10.6 Å². The molecule has 0 heterocycles. The van der Waals surface area contributed by atoms with Crippen molar-refractivity contribution < 1.29 is 13.2 Å². The van der Waals surface area contributed by atoms with Crippen molar-refractivity contribution >= 4 is 37.4 Å². The van der Waals surface area contributed by atoms with Gasteiger partial charge < -0.3 is 0 Å². The van der Waals surface area contributed by atoms with E-state index in [4.69, 9.17) is 0 Å². The van der Waals surface area contributed by atoms with E-state index in [1.165, 1.54) is 24.3 Å². The Bertz CT molecular complexity index is 756.